The average Bonchev–Trinajstić information content (AvgIpc) is 2.81. The molecule has 0 aliphatic rings. The highest BCUT2D eigenvalue weighted by molar-refractivity contribution is 5.51. The van der Waals surface area contributed by atoms with Gasteiger partial charge in [-0.1, -0.05) is 6.07 Å². The molecule has 0 amide bonds. The molecule has 4 heteroatoms. The zero-order valence-corrected chi connectivity index (χ0v) is 9.42. The van der Waals surface area contributed by atoms with Crippen molar-refractivity contribution >= 4 is 0 Å². The number of aromatic nitrogens is 2. The third-order valence-electron chi connectivity index (χ3n) is 2.50. The molecule has 0 bridgehead atoms. The van der Waals surface area contributed by atoms with Gasteiger partial charge in [-0.15, -0.1) is 0 Å². The molecule has 0 saturated heterocycles. The zero-order chi connectivity index (χ0) is 11.5. The highest BCUT2D eigenvalue weighted by Gasteiger charge is 2.13. The maximum atomic E-state index is 5.98. The van der Waals surface area contributed by atoms with Crippen LogP contribution in [-0.4, -0.2) is 16.7 Å². The van der Waals surface area contributed by atoms with Gasteiger partial charge in [0, 0.05) is 24.0 Å². The number of hydrogen-bond acceptors (Lipinski definition) is 3. The van der Waals surface area contributed by atoms with Crippen molar-refractivity contribution in [2.24, 2.45) is 5.73 Å². The molecule has 4 nitrogen and oxygen atoms in total. The zero-order valence-electron chi connectivity index (χ0n) is 9.42. The number of benzene rings is 1. The summed E-state index contributed by atoms with van der Waals surface area (Å²) < 4.78 is 7.26. The minimum Gasteiger partial charge on any atom is -0.496 e. The van der Waals surface area contributed by atoms with Gasteiger partial charge >= 0.3 is 0 Å². The van der Waals surface area contributed by atoms with Crippen molar-refractivity contribution in [2.75, 3.05) is 7.11 Å². The molecule has 0 aliphatic carbocycles. The first-order valence-corrected chi connectivity index (χ1v) is 5.15. The van der Waals surface area contributed by atoms with Crippen molar-refractivity contribution in [1.82, 2.24) is 9.55 Å². The molecular weight excluding hydrogens is 202 g/mol. The Morgan fingerprint density at radius 2 is 2.25 bits per heavy atom. The van der Waals surface area contributed by atoms with Crippen LogP contribution in [0.2, 0.25) is 0 Å². The van der Waals surface area contributed by atoms with Crippen molar-refractivity contribution in [3.05, 3.63) is 42.5 Å². The fourth-order valence-corrected chi connectivity index (χ4v) is 1.79. The van der Waals surface area contributed by atoms with Crippen molar-refractivity contribution in [3.63, 3.8) is 0 Å². The predicted molar refractivity (Wildman–Crippen MR) is 62.7 cm³/mol. The maximum Gasteiger partial charge on any atom is 0.125 e. The summed E-state index contributed by atoms with van der Waals surface area (Å²) in [5.74, 6) is 0.807. The van der Waals surface area contributed by atoms with Crippen LogP contribution in [0.25, 0.3) is 5.69 Å². The van der Waals surface area contributed by atoms with Gasteiger partial charge in [0.1, 0.15) is 5.75 Å². The Labute approximate surface area is 94.7 Å². The minimum atomic E-state index is -0.0893. The smallest absolute Gasteiger partial charge is 0.125 e. The molecule has 0 aliphatic heterocycles. The summed E-state index contributed by atoms with van der Waals surface area (Å²) in [7, 11) is 1.65. The quantitative estimate of drug-likeness (QED) is 0.854. The average molecular weight is 217 g/mol. The van der Waals surface area contributed by atoms with E-state index >= 15 is 0 Å². The summed E-state index contributed by atoms with van der Waals surface area (Å²) in [6.07, 6.45) is 5.38. The molecular formula is C12H15N3O. The van der Waals surface area contributed by atoms with Gasteiger partial charge in [-0.3, -0.25) is 0 Å². The molecule has 2 rings (SSSR count). The van der Waals surface area contributed by atoms with Crippen molar-refractivity contribution < 1.29 is 4.74 Å². The molecule has 2 aromatic rings. The van der Waals surface area contributed by atoms with Gasteiger partial charge in [-0.2, -0.15) is 0 Å². The Kier molecular flexibility index (Phi) is 2.92. The van der Waals surface area contributed by atoms with Gasteiger partial charge < -0.3 is 15.0 Å². The van der Waals surface area contributed by atoms with E-state index < -0.39 is 0 Å². The predicted octanol–water partition coefficient (Wildman–Crippen LogP) is 1.90. The van der Waals surface area contributed by atoms with Crippen molar-refractivity contribution in [2.45, 2.75) is 13.0 Å². The van der Waals surface area contributed by atoms with E-state index in [9.17, 15) is 0 Å². The second-order valence-electron chi connectivity index (χ2n) is 3.65. The minimum absolute atomic E-state index is 0.0893. The fraction of sp³-hybridized carbons (Fsp3) is 0.250. The molecule has 1 atom stereocenters. The number of ether oxygens (including phenoxy) is 1. The van der Waals surface area contributed by atoms with E-state index in [4.69, 9.17) is 10.5 Å². The fourth-order valence-electron chi connectivity index (χ4n) is 1.79. The number of imidazole rings is 1. The lowest BCUT2D eigenvalue weighted by Gasteiger charge is -2.16. The number of nitrogens with two attached hydrogens (primary N) is 1. The first-order valence-electron chi connectivity index (χ1n) is 5.15. The highest BCUT2D eigenvalue weighted by atomic mass is 16.5. The monoisotopic (exact) mass is 217 g/mol. The molecule has 1 aromatic carbocycles. The molecule has 1 aromatic heterocycles. The van der Waals surface area contributed by atoms with E-state index in [1.54, 1.807) is 19.6 Å². The summed E-state index contributed by atoms with van der Waals surface area (Å²) in [6.45, 7) is 1.94. The Morgan fingerprint density at radius 1 is 1.44 bits per heavy atom. The van der Waals surface area contributed by atoms with Crippen LogP contribution >= 0.6 is 0 Å². The number of methoxy groups -OCH3 is 1. The second kappa shape index (κ2) is 4.37. The van der Waals surface area contributed by atoms with Crippen LogP contribution in [0.4, 0.5) is 0 Å². The van der Waals surface area contributed by atoms with E-state index in [1.807, 2.05) is 35.9 Å². The van der Waals surface area contributed by atoms with Gasteiger partial charge in [0.15, 0.2) is 0 Å². The van der Waals surface area contributed by atoms with Crippen LogP contribution in [0.15, 0.2) is 36.9 Å². The van der Waals surface area contributed by atoms with Gasteiger partial charge in [0.05, 0.1) is 19.1 Å². The van der Waals surface area contributed by atoms with Crippen LogP contribution in [-0.2, 0) is 0 Å². The third kappa shape index (κ3) is 1.79. The molecule has 16 heavy (non-hydrogen) atoms. The van der Waals surface area contributed by atoms with Gasteiger partial charge in [0.2, 0.25) is 0 Å². The molecule has 1 heterocycles. The Bertz CT molecular complexity index is 463. The molecule has 1 unspecified atom stereocenters. The van der Waals surface area contributed by atoms with Crippen molar-refractivity contribution in [1.29, 1.82) is 0 Å². The lowest BCUT2D eigenvalue weighted by Crippen LogP contribution is -2.11. The van der Waals surface area contributed by atoms with Gasteiger partial charge in [-0.05, 0) is 19.1 Å². The topological polar surface area (TPSA) is 53.1 Å². The number of hydrogen-bond donors (Lipinski definition) is 1. The van der Waals surface area contributed by atoms with Crippen LogP contribution in [0.5, 0.6) is 5.75 Å². The maximum absolute atomic E-state index is 5.98. The number of nitrogens with zero attached hydrogens (tertiary/aromatic N) is 2. The number of rotatable bonds is 3. The van der Waals surface area contributed by atoms with E-state index in [1.165, 1.54) is 0 Å². The SMILES string of the molecule is COc1cccc(-n2ccnc2)c1C(C)N. The standard InChI is InChI=1S/C12H15N3O/c1-9(13)12-10(15-7-6-14-8-15)4-3-5-11(12)16-2/h3-9H,13H2,1-2H3. The van der Waals surface area contributed by atoms with E-state index in [0.29, 0.717) is 0 Å². The summed E-state index contributed by atoms with van der Waals surface area (Å²) in [5, 5.41) is 0. The normalized spacial score (nSPS) is 12.4. The summed E-state index contributed by atoms with van der Waals surface area (Å²) in [4.78, 5) is 4.04. The first kappa shape index (κ1) is 10.7. The molecule has 84 valence electrons. The molecule has 0 spiro atoms. The largest absolute Gasteiger partial charge is 0.496 e. The lowest BCUT2D eigenvalue weighted by molar-refractivity contribution is 0.406. The van der Waals surface area contributed by atoms with Gasteiger partial charge in [0.25, 0.3) is 0 Å². The summed E-state index contributed by atoms with van der Waals surface area (Å²) in [6, 6.07) is 5.77. The second-order valence-corrected chi connectivity index (χ2v) is 3.65. The van der Waals surface area contributed by atoms with Crippen molar-refractivity contribution in [3.8, 4) is 11.4 Å². The van der Waals surface area contributed by atoms with Crippen LogP contribution in [0.3, 0.4) is 0 Å². The highest BCUT2D eigenvalue weighted by Crippen LogP contribution is 2.29. The van der Waals surface area contributed by atoms with E-state index in [2.05, 4.69) is 4.98 Å². The van der Waals surface area contributed by atoms with E-state index in [0.717, 1.165) is 17.0 Å². The van der Waals surface area contributed by atoms with Crippen LogP contribution in [0.1, 0.15) is 18.5 Å². The molecule has 0 radical (unpaired) electrons. The van der Waals surface area contributed by atoms with E-state index in [-0.39, 0.29) is 6.04 Å². The Hall–Kier alpha value is -1.81. The molecule has 0 saturated carbocycles. The van der Waals surface area contributed by atoms with Gasteiger partial charge in [-0.25, -0.2) is 4.98 Å². The Morgan fingerprint density at radius 3 is 2.81 bits per heavy atom. The van der Waals surface area contributed by atoms with Crippen LogP contribution in [0, 0.1) is 0 Å². The third-order valence-corrected chi connectivity index (χ3v) is 2.50. The lowest BCUT2D eigenvalue weighted by atomic mass is 10.1. The first-order chi connectivity index (χ1) is 7.74. The summed E-state index contributed by atoms with van der Waals surface area (Å²) >= 11 is 0. The molecule has 0 fully saturated rings. The van der Waals surface area contributed by atoms with Crippen LogP contribution < -0.4 is 10.5 Å². The Balaban J connectivity index is 2.61. The summed E-state index contributed by atoms with van der Waals surface area (Å²) in [5.41, 5.74) is 7.98. The molecule has 2 N–H and O–H groups in total.